The predicted octanol–water partition coefficient (Wildman–Crippen LogP) is 12.0. The van der Waals surface area contributed by atoms with E-state index in [1.807, 2.05) is 66.7 Å². The molecule has 0 spiro atoms. The van der Waals surface area contributed by atoms with Crippen LogP contribution in [0.1, 0.15) is 4.11 Å². The fourth-order valence-corrected chi connectivity index (χ4v) is 6.70. The van der Waals surface area contributed by atoms with Crippen molar-refractivity contribution < 1.29 is 8.53 Å². The number of benzene rings is 8. The van der Waals surface area contributed by atoms with E-state index >= 15 is 0 Å². The zero-order chi connectivity index (χ0) is 30.9. The summed E-state index contributed by atoms with van der Waals surface area (Å²) in [6.45, 7) is 0. The molecule has 0 radical (unpaired) electrons. The highest BCUT2D eigenvalue weighted by molar-refractivity contribution is 6.23. The molecule has 0 aliphatic rings. The largest absolute Gasteiger partial charge is 0.455 e. The van der Waals surface area contributed by atoms with E-state index in [0.29, 0.717) is 16.5 Å². The Hall–Kier alpha value is -5.66. The van der Waals surface area contributed by atoms with Gasteiger partial charge in [-0.15, -0.1) is 0 Å². The predicted molar refractivity (Wildman–Crippen MR) is 183 cm³/mol. The maximum absolute atomic E-state index is 9.67. The molecular weight excluding hydrogens is 520 g/mol. The number of hydrogen-bond acceptors (Lipinski definition) is 1. The standard InChI is InChI=1S/C42H26O/c1-2-12-27(13-3-1)30-15-6-7-17-32(30)41-35-20-10-8-18-33(35)40(34-19-9-11-21-36(34)41)29-23-25-39-38(26-29)37-24-22-28-14-4-5-16-31(28)42(37)43-39/h1-26H/i23D,25D,26D. The summed E-state index contributed by atoms with van der Waals surface area (Å²) in [4.78, 5) is 0. The van der Waals surface area contributed by atoms with Gasteiger partial charge in [0.25, 0.3) is 0 Å². The van der Waals surface area contributed by atoms with Gasteiger partial charge in [0, 0.05) is 16.2 Å². The van der Waals surface area contributed by atoms with Crippen LogP contribution in [0, 0.1) is 0 Å². The van der Waals surface area contributed by atoms with E-state index in [4.69, 9.17) is 5.79 Å². The minimum atomic E-state index is -0.00653. The molecule has 1 aromatic heterocycles. The Kier molecular flexibility index (Phi) is 4.63. The number of hydrogen-bond donors (Lipinski definition) is 0. The van der Waals surface area contributed by atoms with E-state index in [1.54, 1.807) is 0 Å². The van der Waals surface area contributed by atoms with Gasteiger partial charge in [-0.3, -0.25) is 0 Å². The zero-order valence-corrected chi connectivity index (χ0v) is 23.2. The van der Waals surface area contributed by atoms with E-state index in [-0.39, 0.29) is 23.7 Å². The van der Waals surface area contributed by atoms with Crippen LogP contribution in [0.25, 0.3) is 87.6 Å². The third-order valence-corrected chi connectivity index (χ3v) is 8.59. The summed E-state index contributed by atoms with van der Waals surface area (Å²) in [6, 6.07) is 47.7. The Morgan fingerprint density at radius 1 is 0.395 bits per heavy atom. The molecule has 1 nitrogen and oxygen atoms in total. The first-order valence-electron chi connectivity index (χ1n) is 16.0. The molecule has 1 heterocycles. The van der Waals surface area contributed by atoms with Gasteiger partial charge in [-0.1, -0.05) is 140 Å². The average Bonchev–Trinajstić information content (AvgIpc) is 3.52. The summed E-state index contributed by atoms with van der Waals surface area (Å²) in [5, 5.41) is 7.28. The lowest BCUT2D eigenvalue weighted by Gasteiger charge is -2.19. The molecule has 0 N–H and O–H groups in total. The van der Waals surface area contributed by atoms with Crippen LogP contribution in [0.15, 0.2) is 162 Å². The minimum Gasteiger partial charge on any atom is -0.455 e. The topological polar surface area (TPSA) is 13.1 Å². The maximum Gasteiger partial charge on any atom is 0.143 e. The Bertz CT molecular complexity index is 2610. The van der Waals surface area contributed by atoms with Crippen LogP contribution in [0.3, 0.4) is 0 Å². The molecule has 9 rings (SSSR count). The van der Waals surface area contributed by atoms with Crippen LogP contribution in [-0.4, -0.2) is 0 Å². The van der Waals surface area contributed by atoms with Crippen LogP contribution in [-0.2, 0) is 0 Å². The van der Waals surface area contributed by atoms with Gasteiger partial charge < -0.3 is 4.42 Å². The number of rotatable bonds is 3. The molecule has 0 amide bonds. The van der Waals surface area contributed by atoms with Gasteiger partial charge in [0.1, 0.15) is 11.2 Å². The fourth-order valence-electron chi connectivity index (χ4n) is 6.70. The van der Waals surface area contributed by atoms with Gasteiger partial charge in [-0.25, -0.2) is 0 Å². The van der Waals surface area contributed by atoms with Crippen LogP contribution in [0.5, 0.6) is 0 Å². The van der Waals surface area contributed by atoms with Crippen LogP contribution < -0.4 is 0 Å². The van der Waals surface area contributed by atoms with Crippen molar-refractivity contribution >= 4 is 54.3 Å². The summed E-state index contributed by atoms with van der Waals surface area (Å²) in [5.74, 6) is 0. The van der Waals surface area contributed by atoms with Crippen molar-refractivity contribution in [2.24, 2.45) is 0 Å². The Morgan fingerprint density at radius 2 is 0.977 bits per heavy atom. The second-order valence-corrected chi connectivity index (χ2v) is 11.0. The van der Waals surface area contributed by atoms with Crippen molar-refractivity contribution in [2.45, 2.75) is 0 Å². The van der Waals surface area contributed by atoms with E-state index in [9.17, 15) is 2.74 Å². The van der Waals surface area contributed by atoms with Gasteiger partial charge >= 0.3 is 0 Å². The smallest absolute Gasteiger partial charge is 0.143 e. The highest BCUT2D eigenvalue weighted by Crippen LogP contribution is 2.47. The van der Waals surface area contributed by atoms with Crippen LogP contribution in [0.2, 0.25) is 0 Å². The molecule has 8 aromatic carbocycles. The van der Waals surface area contributed by atoms with Crippen LogP contribution in [0.4, 0.5) is 0 Å². The van der Waals surface area contributed by atoms with Gasteiger partial charge in [0.15, 0.2) is 0 Å². The monoisotopic (exact) mass is 549 g/mol. The van der Waals surface area contributed by atoms with Crippen LogP contribution >= 0.6 is 0 Å². The molecule has 1 heteroatoms. The molecule has 200 valence electrons. The lowest BCUT2D eigenvalue weighted by molar-refractivity contribution is 0.672. The molecule has 0 aliphatic heterocycles. The van der Waals surface area contributed by atoms with E-state index in [2.05, 4.69) is 72.8 Å². The van der Waals surface area contributed by atoms with Gasteiger partial charge in [-0.05, 0) is 78.5 Å². The van der Waals surface area contributed by atoms with E-state index < -0.39 is 0 Å². The first-order valence-corrected chi connectivity index (χ1v) is 14.5. The van der Waals surface area contributed by atoms with E-state index in [1.165, 1.54) is 0 Å². The van der Waals surface area contributed by atoms with Crippen molar-refractivity contribution in [3.63, 3.8) is 0 Å². The SMILES string of the molecule is [2H]c1c(-c2c3ccccc3c(-c3ccccc3-c3ccccc3)c3ccccc23)c([2H])c2c(oc3c4ccccc4ccc32)c1[2H]. The number of fused-ring (bicyclic) bond motifs is 7. The molecule has 0 fully saturated rings. The Labute approximate surface area is 253 Å². The van der Waals surface area contributed by atoms with E-state index in [0.717, 1.165) is 65.5 Å². The molecular formula is C42H26O. The molecule has 0 saturated carbocycles. The third-order valence-electron chi connectivity index (χ3n) is 8.59. The van der Waals surface area contributed by atoms with Crippen molar-refractivity contribution in [1.29, 1.82) is 0 Å². The number of furan rings is 1. The van der Waals surface area contributed by atoms with Crippen molar-refractivity contribution in [3.8, 4) is 33.4 Å². The second kappa shape index (κ2) is 9.44. The molecule has 0 bridgehead atoms. The Morgan fingerprint density at radius 3 is 1.70 bits per heavy atom. The van der Waals surface area contributed by atoms with Crippen molar-refractivity contribution in [3.05, 3.63) is 158 Å². The zero-order valence-electron chi connectivity index (χ0n) is 26.2. The highest BCUT2D eigenvalue weighted by atomic mass is 16.3. The highest BCUT2D eigenvalue weighted by Gasteiger charge is 2.19. The molecule has 0 unspecified atom stereocenters. The molecule has 0 atom stereocenters. The summed E-state index contributed by atoms with van der Waals surface area (Å²) in [5.41, 5.74) is 6.69. The lowest BCUT2D eigenvalue weighted by atomic mass is 9.83. The summed E-state index contributed by atoms with van der Waals surface area (Å²) < 4.78 is 34.5. The summed E-state index contributed by atoms with van der Waals surface area (Å²) in [7, 11) is 0. The third kappa shape index (κ3) is 3.65. The average molecular weight is 550 g/mol. The maximum atomic E-state index is 9.67. The van der Waals surface area contributed by atoms with Crippen molar-refractivity contribution in [1.82, 2.24) is 0 Å². The summed E-state index contributed by atoms with van der Waals surface area (Å²) >= 11 is 0. The first kappa shape index (κ1) is 21.1. The summed E-state index contributed by atoms with van der Waals surface area (Å²) in [6.07, 6.45) is 0. The van der Waals surface area contributed by atoms with Gasteiger partial charge in [0.2, 0.25) is 0 Å². The first-order chi connectivity index (χ1) is 22.6. The molecule has 0 aliphatic carbocycles. The van der Waals surface area contributed by atoms with Gasteiger partial charge in [0.05, 0.1) is 4.11 Å². The fraction of sp³-hybridized carbons (Fsp3) is 0. The second-order valence-electron chi connectivity index (χ2n) is 11.0. The molecule has 0 saturated heterocycles. The Balaban J connectivity index is 1.43. The van der Waals surface area contributed by atoms with Crippen molar-refractivity contribution in [2.75, 3.05) is 0 Å². The van der Waals surface area contributed by atoms with Gasteiger partial charge in [-0.2, -0.15) is 0 Å². The minimum absolute atomic E-state index is 0.00592. The molecule has 9 aromatic rings. The quantitative estimate of drug-likeness (QED) is 0.200. The normalized spacial score (nSPS) is 12.7. The lowest BCUT2D eigenvalue weighted by Crippen LogP contribution is -1.92. The molecule has 43 heavy (non-hydrogen) atoms.